The van der Waals surface area contributed by atoms with Gasteiger partial charge in [-0.3, -0.25) is 9.48 Å². The van der Waals surface area contributed by atoms with Crippen molar-refractivity contribution in [1.29, 1.82) is 0 Å². The Labute approximate surface area is 215 Å². The summed E-state index contributed by atoms with van der Waals surface area (Å²) in [7, 11) is 1.94. The first-order chi connectivity index (χ1) is 17.6. The molecular formula is C28H44N6O2. The molecule has 0 unspecified atom stereocenters. The number of nitrogens with zero attached hydrogens (tertiary/aromatic N) is 4. The molecular weight excluding hydrogens is 452 g/mol. The van der Waals surface area contributed by atoms with Crippen LogP contribution in [0.5, 0.6) is 0 Å². The van der Waals surface area contributed by atoms with Crippen molar-refractivity contribution in [3.8, 4) is 0 Å². The van der Waals surface area contributed by atoms with E-state index in [4.69, 9.17) is 0 Å². The van der Waals surface area contributed by atoms with Crippen LogP contribution >= 0.6 is 0 Å². The number of fused-ring (bicyclic) bond motifs is 1. The molecule has 2 aliphatic heterocycles. The summed E-state index contributed by atoms with van der Waals surface area (Å²) in [5.41, 5.74) is 2.80. The Hall–Kier alpha value is -2.16. The summed E-state index contributed by atoms with van der Waals surface area (Å²) < 4.78 is 1.86. The molecule has 1 aromatic carbocycles. The van der Waals surface area contributed by atoms with Crippen molar-refractivity contribution < 1.29 is 9.90 Å². The third-order valence-electron chi connectivity index (χ3n) is 8.50. The Bertz CT molecular complexity index is 999. The number of anilines is 1. The van der Waals surface area contributed by atoms with Gasteiger partial charge in [0.1, 0.15) is 0 Å². The predicted octanol–water partition coefficient (Wildman–Crippen LogP) is 3.04. The standard InChI is InChI=1S/C28H44N6O2/c1-32-26-20-23(34-15-4-2-3-5-16-34)8-11-25(26)27(31-32)28(36)30-22-12-17-33(18-13-22)19-14-29-21-6-9-24(35)10-7-21/h8,11,20-22,24,29,35H,2-7,9-10,12-19H2,1H3,(H,30,36). The summed E-state index contributed by atoms with van der Waals surface area (Å²) in [5, 5.41) is 22.2. The molecule has 0 atom stereocenters. The lowest BCUT2D eigenvalue weighted by Gasteiger charge is -2.33. The topological polar surface area (TPSA) is 85.7 Å². The highest BCUT2D eigenvalue weighted by molar-refractivity contribution is 6.05. The van der Waals surface area contributed by atoms with E-state index < -0.39 is 0 Å². The summed E-state index contributed by atoms with van der Waals surface area (Å²) in [6.45, 7) is 6.28. The molecule has 5 rings (SSSR count). The molecule has 198 valence electrons. The van der Waals surface area contributed by atoms with Crippen molar-refractivity contribution in [1.82, 2.24) is 25.3 Å². The highest BCUT2D eigenvalue weighted by Crippen LogP contribution is 2.27. The smallest absolute Gasteiger partial charge is 0.272 e. The van der Waals surface area contributed by atoms with Crippen LogP contribution in [0.15, 0.2) is 18.2 Å². The van der Waals surface area contributed by atoms with Gasteiger partial charge in [0.25, 0.3) is 5.91 Å². The number of hydrogen-bond donors (Lipinski definition) is 3. The first-order valence-corrected chi connectivity index (χ1v) is 14.2. The summed E-state index contributed by atoms with van der Waals surface area (Å²) in [4.78, 5) is 18.2. The molecule has 0 spiro atoms. The summed E-state index contributed by atoms with van der Waals surface area (Å²) in [5.74, 6) is -0.0530. The molecule has 3 N–H and O–H groups in total. The second-order valence-electron chi connectivity index (χ2n) is 11.1. The third-order valence-corrected chi connectivity index (χ3v) is 8.50. The van der Waals surface area contributed by atoms with E-state index in [1.165, 1.54) is 31.4 Å². The van der Waals surface area contributed by atoms with Gasteiger partial charge in [-0.2, -0.15) is 5.10 Å². The van der Waals surface area contributed by atoms with Crippen LogP contribution in [0.1, 0.15) is 74.7 Å². The molecule has 3 fully saturated rings. The molecule has 2 aromatic rings. The first-order valence-electron chi connectivity index (χ1n) is 14.2. The molecule has 36 heavy (non-hydrogen) atoms. The van der Waals surface area contributed by atoms with Gasteiger partial charge in [-0.25, -0.2) is 0 Å². The van der Waals surface area contributed by atoms with E-state index in [1.54, 1.807) is 0 Å². The number of aliphatic hydroxyl groups excluding tert-OH is 1. The molecule has 0 bridgehead atoms. The minimum atomic E-state index is -0.0944. The van der Waals surface area contributed by atoms with Gasteiger partial charge in [0.05, 0.1) is 11.6 Å². The zero-order valence-electron chi connectivity index (χ0n) is 21.9. The Morgan fingerprint density at radius 2 is 1.69 bits per heavy atom. The van der Waals surface area contributed by atoms with E-state index in [0.29, 0.717) is 11.7 Å². The van der Waals surface area contributed by atoms with Crippen LogP contribution < -0.4 is 15.5 Å². The monoisotopic (exact) mass is 496 g/mol. The predicted molar refractivity (Wildman–Crippen MR) is 145 cm³/mol. The van der Waals surface area contributed by atoms with Gasteiger partial charge in [0.15, 0.2) is 5.69 Å². The van der Waals surface area contributed by atoms with Crippen molar-refractivity contribution in [3.63, 3.8) is 0 Å². The van der Waals surface area contributed by atoms with Gasteiger partial charge in [-0.1, -0.05) is 12.8 Å². The molecule has 8 heteroatoms. The number of nitrogens with one attached hydrogen (secondary N) is 2. The van der Waals surface area contributed by atoms with Crippen LogP contribution in [-0.4, -0.2) is 83.2 Å². The molecule has 2 saturated heterocycles. The molecule has 1 aromatic heterocycles. The van der Waals surface area contributed by atoms with E-state index in [9.17, 15) is 9.90 Å². The molecule has 1 saturated carbocycles. The van der Waals surface area contributed by atoms with Crippen LogP contribution in [0.4, 0.5) is 5.69 Å². The van der Waals surface area contributed by atoms with Crippen molar-refractivity contribution >= 4 is 22.5 Å². The van der Waals surface area contributed by atoms with Crippen molar-refractivity contribution in [2.75, 3.05) is 44.2 Å². The Balaban J connectivity index is 1.11. The molecule has 1 aliphatic carbocycles. The number of piperidine rings is 1. The first kappa shape index (κ1) is 25.5. The lowest BCUT2D eigenvalue weighted by atomic mass is 9.93. The number of rotatable bonds is 7. The fourth-order valence-electron chi connectivity index (χ4n) is 6.20. The minimum absolute atomic E-state index is 0.0530. The quantitative estimate of drug-likeness (QED) is 0.546. The molecule has 8 nitrogen and oxygen atoms in total. The highest BCUT2D eigenvalue weighted by Gasteiger charge is 2.25. The number of carbonyl (C=O) groups excluding carboxylic acids is 1. The number of aliphatic hydroxyl groups is 1. The SMILES string of the molecule is Cn1nc(C(=O)NC2CCN(CCNC3CCC(O)CC3)CC2)c2ccc(N3CCCCCC3)cc21. The maximum atomic E-state index is 13.2. The molecule has 3 heterocycles. The Morgan fingerprint density at radius 1 is 0.972 bits per heavy atom. The van der Waals surface area contributed by atoms with Gasteiger partial charge in [0.2, 0.25) is 0 Å². The van der Waals surface area contributed by atoms with E-state index in [0.717, 1.165) is 88.7 Å². The molecule has 3 aliphatic rings. The van der Waals surface area contributed by atoms with Gasteiger partial charge in [-0.15, -0.1) is 0 Å². The average Bonchev–Trinajstić information content (AvgIpc) is 3.05. The van der Waals surface area contributed by atoms with Crippen LogP contribution in [0.3, 0.4) is 0 Å². The van der Waals surface area contributed by atoms with Gasteiger partial charge >= 0.3 is 0 Å². The van der Waals surface area contributed by atoms with Crippen molar-refractivity contribution in [2.24, 2.45) is 7.05 Å². The normalized spacial score (nSPS) is 24.7. The average molecular weight is 497 g/mol. The summed E-state index contributed by atoms with van der Waals surface area (Å²) in [6.07, 6.45) is 11.0. The van der Waals surface area contributed by atoms with Crippen molar-refractivity contribution in [3.05, 3.63) is 23.9 Å². The zero-order valence-corrected chi connectivity index (χ0v) is 21.9. The number of aromatic nitrogens is 2. The lowest BCUT2D eigenvalue weighted by Crippen LogP contribution is -2.47. The molecule has 0 radical (unpaired) electrons. The third kappa shape index (κ3) is 6.21. The number of amides is 1. The molecule has 1 amide bonds. The second kappa shape index (κ2) is 11.9. The minimum Gasteiger partial charge on any atom is -0.393 e. The van der Waals surface area contributed by atoms with Crippen LogP contribution in [-0.2, 0) is 7.05 Å². The van der Waals surface area contributed by atoms with E-state index in [1.807, 2.05) is 11.7 Å². The van der Waals surface area contributed by atoms with E-state index >= 15 is 0 Å². The second-order valence-corrected chi connectivity index (χ2v) is 11.1. The lowest BCUT2D eigenvalue weighted by molar-refractivity contribution is 0.0906. The number of carbonyl (C=O) groups is 1. The van der Waals surface area contributed by atoms with Crippen LogP contribution in [0.2, 0.25) is 0 Å². The van der Waals surface area contributed by atoms with Crippen LogP contribution in [0, 0.1) is 0 Å². The van der Waals surface area contributed by atoms with Crippen LogP contribution in [0.25, 0.3) is 10.9 Å². The highest BCUT2D eigenvalue weighted by atomic mass is 16.3. The van der Waals surface area contributed by atoms with E-state index in [-0.39, 0.29) is 18.1 Å². The van der Waals surface area contributed by atoms with Crippen molar-refractivity contribution in [2.45, 2.75) is 82.4 Å². The fraction of sp³-hybridized carbons (Fsp3) is 0.714. The van der Waals surface area contributed by atoms with Gasteiger partial charge < -0.3 is 25.5 Å². The maximum Gasteiger partial charge on any atom is 0.272 e. The Kier molecular flexibility index (Phi) is 8.44. The Morgan fingerprint density at radius 3 is 2.42 bits per heavy atom. The zero-order chi connectivity index (χ0) is 24.9. The number of hydrogen-bond acceptors (Lipinski definition) is 6. The van der Waals surface area contributed by atoms with E-state index in [2.05, 4.69) is 43.7 Å². The summed E-state index contributed by atoms with van der Waals surface area (Å²) >= 11 is 0. The largest absolute Gasteiger partial charge is 0.393 e. The number of benzene rings is 1. The number of likely N-dealkylation sites (tertiary alicyclic amines) is 1. The summed E-state index contributed by atoms with van der Waals surface area (Å²) in [6, 6.07) is 7.20. The maximum absolute atomic E-state index is 13.2. The van der Waals surface area contributed by atoms with Gasteiger partial charge in [0, 0.05) is 69.5 Å². The number of aryl methyl sites for hydroxylation is 1. The van der Waals surface area contributed by atoms with Gasteiger partial charge in [-0.05, 0) is 69.6 Å². The fourth-order valence-corrected chi connectivity index (χ4v) is 6.20.